The standard InChI is InChI=1S/C23H24ClN3O5/c1-13-6-11-16(24)17(12-13)25-20(29)18(19(28)14-7-9-15(32-5)10-8-14)27-21(30)23(2,3)26(4)22(27)31/h6-12,18H,1-5H3,(H,25,29). The number of amides is 4. The summed E-state index contributed by atoms with van der Waals surface area (Å²) in [7, 11) is 2.93. The number of benzene rings is 2. The normalized spacial score (nSPS) is 16.2. The molecule has 2 aromatic carbocycles. The van der Waals surface area contributed by atoms with Gasteiger partial charge in [0.1, 0.15) is 11.3 Å². The van der Waals surface area contributed by atoms with Gasteiger partial charge in [-0.3, -0.25) is 14.4 Å². The van der Waals surface area contributed by atoms with Crippen LogP contribution in [0.15, 0.2) is 42.5 Å². The number of carbonyl (C=O) groups excluding carboxylic acids is 4. The van der Waals surface area contributed by atoms with Gasteiger partial charge < -0.3 is 15.0 Å². The van der Waals surface area contributed by atoms with Crippen LogP contribution < -0.4 is 10.1 Å². The van der Waals surface area contributed by atoms with Crippen LogP contribution in [-0.4, -0.2) is 59.2 Å². The molecule has 0 spiro atoms. The SMILES string of the molecule is COc1ccc(C(=O)C(C(=O)Nc2cc(C)ccc2Cl)N2C(=O)N(C)C(C)(C)C2=O)cc1. The minimum absolute atomic E-state index is 0.147. The maximum Gasteiger partial charge on any atom is 0.328 e. The fourth-order valence-electron chi connectivity index (χ4n) is 3.36. The van der Waals surface area contributed by atoms with Crippen molar-refractivity contribution in [2.24, 2.45) is 0 Å². The van der Waals surface area contributed by atoms with E-state index in [9.17, 15) is 19.2 Å². The molecule has 32 heavy (non-hydrogen) atoms. The molecule has 0 saturated carbocycles. The first kappa shape index (κ1) is 23.3. The molecule has 1 fully saturated rings. The number of nitrogens with one attached hydrogen (secondary N) is 1. The van der Waals surface area contributed by atoms with Crippen LogP contribution in [0.4, 0.5) is 10.5 Å². The van der Waals surface area contributed by atoms with Crippen molar-refractivity contribution >= 4 is 40.9 Å². The summed E-state index contributed by atoms with van der Waals surface area (Å²) in [6.45, 7) is 4.92. The van der Waals surface area contributed by atoms with Crippen LogP contribution in [0.3, 0.4) is 0 Å². The molecule has 168 valence electrons. The van der Waals surface area contributed by atoms with Gasteiger partial charge in [0.05, 0.1) is 17.8 Å². The first-order valence-electron chi connectivity index (χ1n) is 9.85. The van der Waals surface area contributed by atoms with Crippen LogP contribution in [0.2, 0.25) is 5.02 Å². The first-order chi connectivity index (χ1) is 15.0. The molecule has 4 amide bonds. The van der Waals surface area contributed by atoms with E-state index in [0.717, 1.165) is 5.56 Å². The Labute approximate surface area is 191 Å². The van der Waals surface area contributed by atoms with Crippen LogP contribution >= 0.6 is 11.6 Å². The van der Waals surface area contributed by atoms with Gasteiger partial charge >= 0.3 is 6.03 Å². The lowest BCUT2D eigenvalue weighted by molar-refractivity contribution is -0.135. The smallest absolute Gasteiger partial charge is 0.328 e. The average molecular weight is 458 g/mol. The van der Waals surface area contributed by atoms with Gasteiger partial charge in [-0.15, -0.1) is 0 Å². The number of urea groups is 1. The van der Waals surface area contributed by atoms with Gasteiger partial charge in [-0.05, 0) is 62.7 Å². The van der Waals surface area contributed by atoms with E-state index < -0.39 is 35.2 Å². The number of ether oxygens (including phenoxy) is 1. The van der Waals surface area contributed by atoms with Crippen molar-refractivity contribution in [3.63, 3.8) is 0 Å². The van der Waals surface area contributed by atoms with Crippen LogP contribution in [-0.2, 0) is 9.59 Å². The van der Waals surface area contributed by atoms with Crippen molar-refractivity contribution in [1.82, 2.24) is 9.80 Å². The van der Waals surface area contributed by atoms with Gasteiger partial charge in [-0.2, -0.15) is 0 Å². The van der Waals surface area contributed by atoms with Gasteiger partial charge in [0.15, 0.2) is 11.8 Å². The third-order valence-corrected chi connectivity index (χ3v) is 5.91. The Morgan fingerprint density at radius 3 is 2.25 bits per heavy atom. The van der Waals surface area contributed by atoms with E-state index >= 15 is 0 Å². The van der Waals surface area contributed by atoms with Gasteiger partial charge in [0, 0.05) is 12.6 Å². The van der Waals surface area contributed by atoms with Gasteiger partial charge in [-0.1, -0.05) is 17.7 Å². The number of hydrogen-bond donors (Lipinski definition) is 1. The zero-order valence-electron chi connectivity index (χ0n) is 18.4. The third kappa shape index (κ3) is 4.05. The number of aryl methyl sites for hydroxylation is 1. The molecule has 1 N–H and O–H groups in total. The molecule has 1 heterocycles. The van der Waals surface area contributed by atoms with E-state index in [4.69, 9.17) is 16.3 Å². The first-order valence-corrected chi connectivity index (χ1v) is 10.2. The summed E-state index contributed by atoms with van der Waals surface area (Å²) >= 11 is 6.19. The number of methoxy groups -OCH3 is 1. The van der Waals surface area contributed by atoms with Gasteiger partial charge in [-0.25, -0.2) is 9.69 Å². The number of nitrogens with zero attached hydrogens (tertiary/aromatic N) is 2. The average Bonchev–Trinajstić information content (AvgIpc) is 2.91. The van der Waals surface area contributed by atoms with E-state index in [1.54, 1.807) is 44.2 Å². The van der Waals surface area contributed by atoms with E-state index in [2.05, 4.69) is 5.32 Å². The summed E-state index contributed by atoms with van der Waals surface area (Å²) in [5, 5.41) is 2.86. The Kier molecular flexibility index (Phi) is 6.27. The zero-order valence-corrected chi connectivity index (χ0v) is 19.2. The van der Waals surface area contributed by atoms with E-state index in [-0.39, 0.29) is 16.3 Å². The quantitative estimate of drug-likeness (QED) is 0.406. The van der Waals surface area contributed by atoms with Crippen LogP contribution in [0.5, 0.6) is 5.75 Å². The number of carbonyl (C=O) groups is 4. The number of ketones is 1. The Morgan fingerprint density at radius 2 is 1.72 bits per heavy atom. The van der Waals surface area contributed by atoms with Crippen molar-refractivity contribution in [1.29, 1.82) is 0 Å². The predicted octanol–water partition coefficient (Wildman–Crippen LogP) is 3.52. The highest BCUT2D eigenvalue weighted by molar-refractivity contribution is 6.34. The highest BCUT2D eigenvalue weighted by atomic mass is 35.5. The summed E-state index contributed by atoms with van der Waals surface area (Å²) in [5.74, 6) is -1.68. The van der Waals surface area contributed by atoms with Crippen LogP contribution in [0.25, 0.3) is 0 Å². The molecule has 2 aromatic rings. The topological polar surface area (TPSA) is 96.0 Å². The Hall–Kier alpha value is -3.39. The number of likely N-dealkylation sites (N-methyl/N-ethyl adjacent to an activating group) is 1. The molecule has 0 bridgehead atoms. The highest BCUT2D eigenvalue weighted by Crippen LogP contribution is 2.30. The lowest BCUT2D eigenvalue weighted by Crippen LogP contribution is -2.53. The second kappa shape index (κ2) is 8.63. The Balaban J connectivity index is 2.05. The molecule has 0 aromatic heterocycles. The van der Waals surface area contributed by atoms with Crippen LogP contribution in [0.1, 0.15) is 29.8 Å². The van der Waals surface area contributed by atoms with Crippen molar-refractivity contribution in [3.05, 3.63) is 58.6 Å². The summed E-state index contributed by atoms with van der Waals surface area (Å²) in [6.07, 6.45) is 0. The largest absolute Gasteiger partial charge is 0.497 e. The fourth-order valence-corrected chi connectivity index (χ4v) is 3.52. The molecule has 1 aliphatic heterocycles. The summed E-state index contributed by atoms with van der Waals surface area (Å²) in [4.78, 5) is 54.7. The molecule has 8 nitrogen and oxygen atoms in total. The van der Waals surface area contributed by atoms with Gasteiger partial charge in [0.2, 0.25) is 0 Å². The lowest BCUT2D eigenvalue weighted by Gasteiger charge is -2.24. The highest BCUT2D eigenvalue weighted by Gasteiger charge is 2.55. The maximum absolute atomic E-state index is 13.4. The molecular formula is C23H24ClN3O5. The zero-order chi connectivity index (χ0) is 23.8. The second-order valence-electron chi connectivity index (χ2n) is 8.04. The molecule has 3 rings (SSSR count). The van der Waals surface area contributed by atoms with Crippen molar-refractivity contribution in [3.8, 4) is 5.75 Å². The number of Topliss-reactive ketones (excluding diaryl/α,β-unsaturated/α-hetero) is 1. The predicted molar refractivity (Wildman–Crippen MR) is 120 cm³/mol. The van der Waals surface area contributed by atoms with E-state index in [0.29, 0.717) is 10.6 Å². The van der Waals surface area contributed by atoms with Crippen LogP contribution in [0, 0.1) is 6.92 Å². The number of hydrogen-bond acceptors (Lipinski definition) is 5. The van der Waals surface area contributed by atoms with Crippen molar-refractivity contribution < 1.29 is 23.9 Å². The molecule has 1 aliphatic rings. The van der Waals surface area contributed by atoms with E-state index in [1.165, 1.54) is 31.2 Å². The Morgan fingerprint density at radius 1 is 1.09 bits per heavy atom. The molecule has 1 saturated heterocycles. The number of imide groups is 1. The Bertz CT molecular complexity index is 1100. The summed E-state index contributed by atoms with van der Waals surface area (Å²) < 4.78 is 5.10. The molecule has 1 unspecified atom stereocenters. The minimum atomic E-state index is -1.72. The van der Waals surface area contributed by atoms with Crippen molar-refractivity contribution in [2.75, 3.05) is 19.5 Å². The fraction of sp³-hybridized carbons (Fsp3) is 0.304. The minimum Gasteiger partial charge on any atom is -0.497 e. The van der Waals surface area contributed by atoms with E-state index in [1.807, 2.05) is 6.92 Å². The maximum atomic E-state index is 13.4. The van der Waals surface area contributed by atoms with Crippen molar-refractivity contribution in [2.45, 2.75) is 32.4 Å². The third-order valence-electron chi connectivity index (χ3n) is 5.58. The lowest BCUT2D eigenvalue weighted by atomic mass is 9.99. The summed E-state index contributed by atoms with van der Waals surface area (Å²) in [5.41, 5.74) is 0.0404. The molecule has 0 aliphatic carbocycles. The number of rotatable bonds is 6. The monoisotopic (exact) mass is 457 g/mol. The molecule has 0 radical (unpaired) electrons. The molecule has 9 heteroatoms. The number of halogens is 1. The molecular weight excluding hydrogens is 434 g/mol. The molecule has 1 atom stereocenters. The summed E-state index contributed by atoms with van der Waals surface area (Å²) in [6, 6.07) is 8.62. The van der Waals surface area contributed by atoms with Gasteiger partial charge in [0.25, 0.3) is 11.8 Å². The second-order valence-corrected chi connectivity index (χ2v) is 8.45. The number of anilines is 1.